The predicted octanol–water partition coefficient (Wildman–Crippen LogP) is 4.02. The van der Waals surface area contributed by atoms with Crippen molar-refractivity contribution in [1.82, 2.24) is 10.3 Å². The van der Waals surface area contributed by atoms with Crippen LogP contribution in [0.15, 0.2) is 77.2 Å². The Labute approximate surface area is 294 Å². The summed E-state index contributed by atoms with van der Waals surface area (Å²) in [4.78, 5) is 68.3. The predicted molar refractivity (Wildman–Crippen MR) is 194 cm³/mol. The highest BCUT2D eigenvalue weighted by Gasteiger charge is 2.35. The lowest BCUT2D eigenvalue weighted by molar-refractivity contribution is -0.140. The van der Waals surface area contributed by atoms with Crippen molar-refractivity contribution < 1.29 is 39.2 Å². The number of carbonyl (C=O) groups is 4. The van der Waals surface area contributed by atoms with Crippen LogP contribution in [0, 0.1) is 6.92 Å². The van der Waals surface area contributed by atoms with Gasteiger partial charge in [0.2, 0.25) is 0 Å². The van der Waals surface area contributed by atoms with E-state index in [1.54, 1.807) is 26.0 Å². The van der Waals surface area contributed by atoms with Gasteiger partial charge in [-0.3, -0.25) is 19.2 Å². The van der Waals surface area contributed by atoms with E-state index >= 15 is 0 Å². The number of hydrogen-bond acceptors (Lipinski definition) is 9. The Morgan fingerprint density at radius 1 is 0.824 bits per heavy atom. The first-order chi connectivity index (χ1) is 24.2. The zero-order chi connectivity index (χ0) is 37.3. The molecule has 1 aromatic heterocycles. The molecule has 0 saturated heterocycles. The molecule has 0 fully saturated rings. The zero-order valence-corrected chi connectivity index (χ0v) is 29.7. The molecular formula is C38H41N5O8. The molecule has 5 rings (SSSR count). The van der Waals surface area contributed by atoms with Crippen molar-refractivity contribution in [3.05, 3.63) is 84.0 Å². The molecular weight excluding hydrogens is 654 g/mol. The van der Waals surface area contributed by atoms with Gasteiger partial charge in [-0.1, -0.05) is 6.92 Å². The number of aliphatic hydroxyl groups excluding tert-OH is 1. The quantitative estimate of drug-likeness (QED) is 0.226. The van der Waals surface area contributed by atoms with Gasteiger partial charge >= 0.3 is 17.9 Å². The SMILES string of the molecule is CCC1=C(C)C2=NC1=CC1=NC(=C(CC(=O)OC)C3=NC(=Cc4[nH]c(/c(=C(/C)O)c4C)=C2)C(C)=C3CCC(=O)O)C(C(=O)NCCC(=O)O)=C1C. The normalized spacial score (nSPS) is 17.5. The number of aliphatic carboxylic acids is 2. The van der Waals surface area contributed by atoms with E-state index in [1.165, 1.54) is 7.11 Å². The first-order valence-corrected chi connectivity index (χ1v) is 16.6. The van der Waals surface area contributed by atoms with Crippen LogP contribution >= 0.6 is 0 Å². The van der Waals surface area contributed by atoms with Gasteiger partial charge in [0.05, 0.1) is 70.9 Å². The third kappa shape index (κ3) is 7.09. The first-order valence-electron chi connectivity index (χ1n) is 16.6. The van der Waals surface area contributed by atoms with E-state index in [-0.39, 0.29) is 54.8 Å². The summed E-state index contributed by atoms with van der Waals surface area (Å²) in [5.74, 6) is -3.22. The molecule has 0 radical (unpaired) electrons. The molecule has 1 aromatic rings. The maximum absolute atomic E-state index is 13.9. The van der Waals surface area contributed by atoms with Gasteiger partial charge in [0, 0.05) is 29.5 Å². The molecule has 5 heterocycles. The number of H-pyrrole nitrogens is 1. The van der Waals surface area contributed by atoms with Gasteiger partial charge in [-0.25, -0.2) is 15.0 Å². The maximum Gasteiger partial charge on any atom is 0.310 e. The highest BCUT2D eigenvalue weighted by atomic mass is 16.5. The number of carboxylic acid groups (broad SMARTS) is 2. The number of fused-ring (bicyclic) bond motifs is 5. The van der Waals surface area contributed by atoms with Crippen molar-refractivity contribution in [3.63, 3.8) is 0 Å². The lowest BCUT2D eigenvalue weighted by atomic mass is 9.90. The van der Waals surface area contributed by atoms with Crippen molar-refractivity contribution in [2.45, 2.75) is 73.6 Å². The number of carboxylic acids is 2. The second kappa shape index (κ2) is 14.6. The number of hydrogen-bond donors (Lipinski definition) is 5. The van der Waals surface area contributed by atoms with Crippen LogP contribution in [0.5, 0.6) is 0 Å². The molecule has 0 aromatic carbocycles. The van der Waals surface area contributed by atoms with Crippen LogP contribution in [0.25, 0.3) is 17.9 Å². The Morgan fingerprint density at radius 3 is 2.14 bits per heavy atom. The third-order valence-electron chi connectivity index (χ3n) is 9.40. The van der Waals surface area contributed by atoms with Crippen LogP contribution in [0.1, 0.15) is 78.0 Å². The number of aliphatic hydroxyl groups is 1. The van der Waals surface area contributed by atoms with Gasteiger partial charge in [-0.15, -0.1) is 0 Å². The Bertz CT molecular complexity index is 2210. The number of aromatic nitrogens is 1. The summed E-state index contributed by atoms with van der Waals surface area (Å²) in [6, 6.07) is 0. The minimum atomic E-state index is -1.08. The lowest BCUT2D eigenvalue weighted by Crippen LogP contribution is -2.29. The largest absolute Gasteiger partial charge is 0.512 e. The Hall–Kier alpha value is -5.85. The van der Waals surface area contributed by atoms with Crippen molar-refractivity contribution in [3.8, 4) is 0 Å². The number of rotatable bonds is 10. The number of aliphatic imine (C=N–C) groups is 3. The van der Waals surface area contributed by atoms with Crippen LogP contribution in [0.3, 0.4) is 0 Å². The van der Waals surface area contributed by atoms with E-state index in [1.807, 2.05) is 33.8 Å². The third-order valence-corrected chi connectivity index (χ3v) is 9.40. The van der Waals surface area contributed by atoms with E-state index in [2.05, 4.69) is 10.3 Å². The lowest BCUT2D eigenvalue weighted by Gasteiger charge is -2.15. The summed E-state index contributed by atoms with van der Waals surface area (Å²) >= 11 is 0. The summed E-state index contributed by atoms with van der Waals surface area (Å²) < 4.78 is 5.08. The van der Waals surface area contributed by atoms with Gasteiger partial charge in [0.15, 0.2) is 0 Å². The summed E-state index contributed by atoms with van der Waals surface area (Å²) in [6.45, 7) is 10.8. The van der Waals surface area contributed by atoms with Crippen molar-refractivity contribution >= 4 is 58.9 Å². The number of allylic oxidation sites excluding steroid dienone is 6. The van der Waals surface area contributed by atoms with E-state index in [0.717, 1.165) is 16.7 Å². The number of carbonyl (C=O) groups excluding carboxylic acids is 2. The summed E-state index contributed by atoms with van der Waals surface area (Å²) in [7, 11) is 1.24. The van der Waals surface area contributed by atoms with Gasteiger partial charge < -0.3 is 30.4 Å². The highest BCUT2D eigenvalue weighted by molar-refractivity contribution is 6.26. The number of esters is 1. The van der Waals surface area contributed by atoms with Crippen molar-refractivity contribution in [2.24, 2.45) is 15.0 Å². The molecule has 0 atom stereocenters. The van der Waals surface area contributed by atoms with Crippen molar-refractivity contribution in [1.29, 1.82) is 0 Å². The van der Waals surface area contributed by atoms with Crippen molar-refractivity contribution in [2.75, 3.05) is 13.7 Å². The molecule has 4 aliphatic heterocycles. The molecule has 8 bridgehead atoms. The second-order valence-corrected chi connectivity index (χ2v) is 12.6. The fourth-order valence-corrected chi connectivity index (χ4v) is 6.70. The number of methoxy groups -OCH3 is 1. The van der Waals surface area contributed by atoms with Crippen LogP contribution in [0.4, 0.5) is 0 Å². The molecule has 51 heavy (non-hydrogen) atoms. The average molecular weight is 696 g/mol. The van der Waals surface area contributed by atoms with Gasteiger partial charge in [0.25, 0.3) is 5.91 Å². The molecule has 13 nitrogen and oxygen atoms in total. The number of aromatic amines is 1. The second-order valence-electron chi connectivity index (χ2n) is 12.6. The zero-order valence-electron chi connectivity index (χ0n) is 29.7. The van der Waals surface area contributed by atoms with E-state index in [0.29, 0.717) is 67.9 Å². The Kier molecular flexibility index (Phi) is 10.4. The maximum atomic E-state index is 13.9. The monoisotopic (exact) mass is 695 g/mol. The highest BCUT2D eigenvalue weighted by Crippen LogP contribution is 2.39. The first kappa shape index (κ1) is 36.4. The molecule has 0 saturated carbocycles. The number of amides is 1. The van der Waals surface area contributed by atoms with Gasteiger partial charge in [0.1, 0.15) is 0 Å². The van der Waals surface area contributed by atoms with E-state index in [9.17, 15) is 34.5 Å². The van der Waals surface area contributed by atoms with Gasteiger partial charge in [-0.05, 0) is 99.1 Å². The minimum absolute atomic E-state index is 0.0669. The smallest absolute Gasteiger partial charge is 0.310 e. The average Bonchev–Trinajstić information content (AvgIpc) is 3.75. The molecule has 1 amide bonds. The van der Waals surface area contributed by atoms with Crippen LogP contribution in [-0.4, -0.2) is 74.9 Å². The van der Waals surface area contributed by atoms with Crippen LogP contribution < -0.4 is 15.9 Å². The summed E-state index contributed by atoms with van der Waals surface area (Å²) in [5, 5.41) is 33.6. The molecule has 0 unspecified atom stereocenters. The number of nitrogens with zero attached hydrogens (tertiary/aromatic N) is 3. The molecule has 13 heteroatoms. The summed E-state index contributed by atoms with van der Waals surface area (Å²) in [5.41, 5.74) is 7.99. The number of ether oxygens (including phenoxy) is 1. The van der Waals surface area contributed by atoms with Crippen LogP contribution in [-0.2, 0) is 23.9 Å². The summed E-state index contributed by atoms with van der Waals surface area (Å²) in [6.07, 6.45) is 5.29. The molecule has 4 aliphatic rings. The Balaban J connectivity index is 1.92. The fourth-order valence-electron chi connectivity index (χ4n) is 6.70. The fraction of sp³-hybridized carbons (Fsp3) is 0.342. The topological polar surface area (TPSA) is 203 Å². The number of nitrogens with one attached hydrogen (secondary N) is 2. The minimum Gasteiger partial charge on any atom is -0.512 e. The Morgan fingerprint density at radius 2 is 1.51 bits per heavy atom. The van der Waals surface area contributed by atoms with E-state index < -0.39 is 23.8 Å². The standard InChI is InChI=1S/C38H41N5O8/c1-8-22-17(2)25-16-30-34(21(6)44)19(4)27(41-30)14-26-18(3)23(9-10-31(45)46)36(42-26)24(13-33(49)51-7)37-35(38(50)39-12-11-32(47)48)20(5)28(43-37)15-29(22)40-25/h14-16,41,44H,8-13H2,1-7H3,(H,39,50)(H,45,46)(H,47,48)/b26-14?,29-15?,30-16?,34-21-,37-24?. The molecule has 5 N–H and O–H groups in total. The molecule has 0 spiro atoms. The van der Waals surface area contributed by atoms with Gasteiger partial charge in [-0.2, -0.15) is 0 Å². The van der Waals surface area contributed by atoms with Crippen LogP contribution in [0.2, 0.25) is 0 Å². The van der Waals surface area contributed by atoms with E-state index in [4.69, 9.17) is 19.7 Å². The molecule has 266 valence electrons. The molecule has 0 aliphatic carbocycles.